The molecule has 1 aliphatic heterocycles. The van der Waals surface area contributed by atoms with Gasteiger partial charge in [0.15, 0.2) is 5.82 Å². The number of anilines is 1. The Labute approximate surface area is 168 Å². The molecule has 1 aliphatic rings. The number of hydrogen-bond acceptors (Lipinski definition) is 8. The molecule has 0 bridgehead atoms. The molecular weight excluding hydrogens is 398 g/mol. The highest BCUT2D eigenvalue weighted by molar-refractivity contribution is 7.89. The molecule has 2 amide bonds. The summed E-state index contributed by atoms with van der Waals surface area (Å²) in [5.41, 5.74) is 0.862. The van der Waals surface area contributed by atoms with Gasteiger partial charge in [-0.05, 0) is 19.4 Å². The number of carbonyl (C=O) groups excluding carboxylic acids is 2. The first-order chi connectivity index (χ1) is 13.8. The lowest BCUT2D eigenvalue weighted by Crippen LogP contribution is -2.44. The third kappa shape index (κ3) is 5.81. The molecule has 2 aromatic rings. The number of imide groups is 1. The van der Waals surface area contributed by atoms with E-state index in [0.29, 0.717) is 24.6 Å². The van der Waals surface area contributed by atoms with Gasteiger partial charge in [0.05, 0.1) is 11.4 Å². The summed E-state index contributed by atoms with van der Waals surface area (Å²) < 4.78 is 28.3. The number of nitrogens with zero attached hydrogens (tertiary/aromatic N) is 5. The lowest BCUT2D eigenvalue weighted by atomic mass is 10.1. The van der Waals surface area contributed by atoms with Crippen molar-refractivity contribution in [2.45, 2.75) is 26.2 Å². The third-order valence-corrected chi connectivity index (χ3v) is 5.69. The largest absolute Gasteiger partial charge is 0.369 e. The first-order valence-electron chi connectivity index (χ1n) is 9.23. The zero-order chi connectivity index (χ0) is 20.9. The van der Waals surface area contributed by atoms with Crippen molar-refractivity contribution in [2.75, 3.05) is 30.7 Å². The first-order valence-corrected chi connectivity index (χ1v) is 10.9. The Balaban J connectivity index is 1.45. The van der Waals surface area contributed by atoms with Crippen LogP contribution in [0.1, 0.15) is 25.0 Å². The fourth-order valence-electron chi connectivity index (χ4n) is 2.84. The van der Waals surface area contributed by atoms with Crippen LogP contribution < -0.4 is 10.0 Å². The standard InChI is InChI=1S/C17H23N7O4S/c1-13-5-8-24(22-13)15-11-14(19-12-20-15)18-6-7-21-29(27,28)10-9-23-16(25)3-2-4-17(23)26/h5,8,11-12,21H,2-4,6-7,9-10H2,1H3,(H,18,19,20). The second-order valence-corrected chi connectivity index (χ2v) is 8.52. The Hall–Kier alpha value is -2.86. The Morgan fingerprint density at radius 2 is 1.90 bits per heavy atom. The van der Waals surface area contributed by atoms with Crippen molar-refractivity contribution < 1.29 is 18.0 Å². The van der Waals surface area contributed by atoms with Crippen molar-refractivity contribution in [2.24, 2.45) is 0 Å². The van der Waals surface area contributed by atoms with Crippen LogP contribution in [0.25, 0.3) is 5.82 Å². The van der Waals surface area contributed by atoms with Crippen LogP contribution in [0.15, 0.2) is 24.7 Å². The van der Waals surface area contributed by atoms with Crippen LogP contribution in [0, 0.1) is 6.92 Å². The maximum atomic E-state index is 12.1. The third-order valence-electron chi connectivity index (χ3n) is 4.33. The average Bonchev–Trinajstić information content (AvgIpc) is 3.12. The van der Waals surface area contributed by atoms with Crippen molar-refractivity contribution in [1.82, 2.24) is 29.4 Å². The van der Waals surface area contributed by atoms with Crippen molar-refractivity contribution in [3.63, 3.8) is 0 Å². The van der Waals surface area contributed by atoms with E-state index in [2.05, 4.69) is 25.1 Å². The van der Waals surface area contributed by atoms with E-state index >= 15 is 0 Å². The molecule has 1 saturated heterocycles. The maximum absolute atomic E-state index is 12.1. The number of piperidine rings is 1. The van der Waals surface area contributed by atoms with E-state index in [9.17, 15) is 18.0 Å². The number of hydrogen-bond donors (Lipinski definition) is 2. The van der Waals surface area contributed by atoms with Gasteiger partial charge in [0.2, 0.25) is 21.8 Å². The van der Waals surface area contributed by atoms with Gasteiger partial charge in [-0.2, -0.15) is 5.10 Å². The van der Waals surface area contributed by atoms with Gasteiger partial charge in [0.1, 0.15) is 12.1 Å². The number of carbonyl (C=O) groups is 2. The summed E-state index contributed by atoms with van der Waals surface area (Å²) in [7, 11) is -3.61. The quantitative estimate of drug-likeness (QED) is 0.421. The predicted molar refractivity (Wildman–Crippen MR) is 105 cm³/mol. The minimum atomic E-state index is -3.61. The van der Waals surface area contributed by atoms with Crippen molar-refractivity contribution in [1.29, 1.82) is 0 Å². The monoisotopic (exact) mass is 421 g/mol. The topological polar surface area (TPSA) is 139 Å². The lowest BCUT2D eigenvalue weighted by molar-refractivity contribution is -0.147. The number of aromatic nitrogens is 4. The van der Waals surface area contributed by atoms with Gasteiger partial charge in [-0.1, -0.05) is 0 Å². The molecule has 0 atom stereocenters. The summed E-state index contributed by atoms with van der Waals surface area (Å²) in [5.74, 6) is 0.176. The Morgan fingerprint density at radius 1 is 1.14 bits per heavy atom. The fraction of sp³-hybridized carbons (Fsp3) is 0.471. The molecule has 2 aromatic heterocycles. The van der Waals surface area contributed by atoms with Crippen molar-refractivity contribution in [3.8, 4) is 5.82 Å². The molecule has 1 fully saturated rings. The van der Waals surface area contributed by atoms with Crippen LogP contribution in [0.3, 0.4) is 0 Å². The molecule has 3 rings (SSSR count). The zero-order valence-corrected chi connectivity index (χ0v) is 16.9. The van der Waals surface area contributed by atoms with Crippen molar-refractivity contribution in [3.05, 3.63) is 30.4 Å². The molecular formula is C17H23N7O4S. The van der Waals surface area contributed by atoms with Gasteiger partial charge in [-0.25, -0.2) is 27.8 Å². The highest BCUT2D eigenvalue weighted by Crippen LogP contribution is 2.12. The molecule has 0 unspecified atom stereocenters. The molecule has 156 valence electrons. The summed E-state index contributed by atoms with van der Waals surface area (Å²) >= 11 is 0. The molecule has 3 heterocycles. The van der Waals surface area contributed by atoms with Gasteiger partial charge in [0.25, 0.3) is 0 Å². The van der Waals surface area contributed by atoms with Gasteiger partial charge < -0.3 is 5.32 Å². The molecule has 0 aliphatic carbocycles. The van der Waals surface area contributed by atoms with Crippen LogP contribution in [0.4, 0.5) is 5.82 Å². The minimum absolute atomic E-state index is 0.126. The maximum Gasteiger partial charge on any atom is 0.229 e. The number of amides is 2. The van der Waals surface area contributed by atoms with Gasteiger partial charge in [-0.3, -0.25) is 14.5 Å². The number of nitrogens with one attached hydrogen (secondary N) is 2. The van der Waals surface area contributed by atoms with E-state index in [4.69, 9.17) is 0 Å². The van der Waals surface area contributed by atoms with Crippen LogP contribution in [-0.2, 0) is 19.6 Å². The second-order valence-electron chi connectivity index (χ2n) is 6.60. The van der Waals surface area contributed by atoms with Gasteiger partial charge >= 0.3 is 0 Å². The van der Waals surface area contributed by atoms with E-state index in [1.165, 1.54) is 6.33 Å². The molecule has 11 nitrogen and oxygen atoms in total. The second kappa shape index (κ2) is 9.09. The van der Waals surface area contributed by atoms with E-state index in [-0.39, 0.29) is 43.5 Å². The van der Waals surface area contributed by atoms with Crippen LogP contribution in [0.5, 0.6) is 0 Å². The van der Waals surface area contributed by atoms with Gasteiger partial charge in [-0.15, -0.1) is 0 Å². The normalized spacial score (nSPS) is 15.0. The van der Waals surface area contributed by atoms with E-state index in [1.807, 2.05) is 13.0 Å². The number of rotatable bonds is 9. The molecule has 12 heteroatoms. The number of aryl methyl sites for hydroxylation is 1. The van der Waals surface area contributed by atoms with E-state index in [1.54, 1.807) is 16.9 Å². The first kappa shape index (κ1) is 20.9. The highest BCUT2D eigenvalue weighted by Gasteiger charge is 2.27. The van der Waals surface area contributed by atoms with E-state index < -0.39 is 10.0 Å². The fourth-order valence-corrected chi connectivity index (χ4v) is 3.82. The number of likely N-dealkylation sites (tertiary alicyclic amines) is 1. The minimum Gasteiger partial charge on any atom is -0.369 e. The van der Waals surface area contributed by atoms with Crippen LogP contribution in [0.2, 0.25) is 0 Å². The van der Waals surface area contributed by atoms with Crippen LogP contribution >= 0.6 is 0 Å². The lowest BCUT2D eigenvalue weighted by Gasteiger charge is -2.24. The summed E-state index contributed by atoms with van der Waals surface area (Å²) in [5, 5.41) is 7.29. The van der Waals surface area contributed by atoms with Crippen LogP contribution in [-0.4, -0.2) is 70.3 Å². The summed E-state index contributed by atoms with van der Waals surface area (Å²) in [4.78, 5) is 32.7. The molecule has 2 N–H and O–H groups in total. The Bertz CT molecular complexity index is 973. The van der Waals surface area contributed by atoms with Crippen molar-refractivity contribution >= 4 is 27.7 Å². The predicted octanol–water partition coefficient (Wildman–Crippen LogP) is -0.159. The Morgan fingerprint density at radius 3 is 2.59 bits per heavy atom. The molecule has 0 spiro atoms. The summed E-state index contributed by atoms with van der Waals surface area (Å²) in [6.45, 7) is 2.18. The average molecular weight is 421 g/mol. The summed E-state index contributed by atoms with van der Waals surface area (Å²) in [6, 6.07) is 3.56. The molecule has 0 aromatic carbocycles. The Kier molecular flexibility index (Phi) is 6.54. The number of sulfonamides is 1. The SMILES string of the molecule is Cc1ccn(-c2cc(NCCNS(=O)(=O)CCN3C(=O)CCCC3=O)ncn2)n1. The highest BCUT2D eigenvalue weighted by atomic mass is 32.2. The molecule has 0 saturated carbocycles. The zero-order valence-electron chi connectivity index (χ0n) is 16.0. The molecule has 29 heavy (non-hydrogen) atoms. The van der Waals surface area contributed by atoms with Gasteiger partial charge in [0, 0.05) is 44.7 Å². The smallest absolute Gasteiger partial charge is 0.229 e. The summed E-state index contributed by atoms with van der Waals surface area (Å²) in [6.07, 6.45) is 4.26. The molecule has 0 radical (unpaired) electrons. The van der Waals surface area contributed by atoms with E-state index in [0.717, 1.165) is 10.6 Å².